The summed E-state index contributed by atoms with van der Waals surface area (Å²) >= 11 is 0. The standard InChI is InChI=1S/C13H21N3O4S/c1-4-8-14-12-7-6-11(9-13(12)16(17)18)21(19,20)15-10(3)5-2/h6-7,9-10,14-15H,4-5,8H2,1-3H3. The van der Waals surface area contributed by atoms with E-state index in [9.17, 15) is 18.5 Å². The quantitative estimate of drug-likeness (QED) is 0.567. The fourth-order valence-electron chi connectivity index (χ4n) is 1.66. The van der Waals surface area contributed by atoms with Crippen LogP contribution in [0.5, 0.6) is 0 Å². The van der Waals surface area contributed by atoms with Crippen LogP contribution in [-0.2, 0) is 10.0 Å². The van der Waals surface area contributed by atoms with Gasteiger partial charge in [-0.3, -0.25) is 10.1 Å². The van der Waals surface area contributed by atoms with Crippen LogP contribution in [0.25, 0.3) is 0 Å². The third-order valence-electron chi connectivity index (χ3n) is 3.01. The van der Waals surface area contributed by atoms with Gasteiger partial charge in [-0.25, -0.2) is 13.1 Å². The Balaban J connectivity index is 3.16. The van der Waals surface area contributed by atoms with Gasteiger partial charge in [0, 0.05) is 18.7 Å². The van der Waals surface area contributed by atoms with Crippen LogP contribution in [0.3, 0.4) is 0 Å². The highest BCUT2D eigenvalue weighted by Gasteiger charge is 2.22. The lowest BCUT2D eigenvalue weighted by molar-refractivity contribution is -0.384. The van der Waals surface area contributed by atoms with Crippen LogP contribution < -0.4 is 10.0 Å². The lowest BCUT2D eigenvalue weighted by atomic mass is 10.2. The predicted octanol–water partition coefficient (Wildman–Crippen LogP) is 2.49. The third-order valence-corrected chi connectivity index (χ3v) is 4.60. The molecule has 1 unspecified atom stereocenters. The maximum Gasteiger partial charge on any atom is 0.293 e. The second kappa shape index (κ2) is 7.37. The van der Waals surface area contributed by atoms with Crippen molar-refractivity contribution in [1.29, 1.82) is 0 Å². The van der Waals surface area contributed by atoms with Gasteiger partial charge in [0.2, 0.25) is 10.0 Å². The highest BCUT2D eigenvalue weighted by Crippen LogP contribution is 2.27. The molecule has 0 spiro atoms. The molecule has 8 heteroatoms. The van der Waals surface area contributed by atoms with Crippen LogP contribution >= 0.6 is 0 Å². The van der Waals surface area contributed by atoms with Gasteiger partial charge in [0.15, 0.2) is 0 Å². The molecule has 118 valence electrons. The van der Waals surface area contributed by atoms with E-state index in [1.54, 1.807) is 6.92 Å². The Kier molecular flexibility index (Phi) is 6.10. The topological polar surface area (TPSA) is 101 Å². The van der Waals surface area contributed by atoms with E-state index in [0.29, 0.717) is 18.7 Å². The molecular formula is C13H21N3O4S. The first-order chi connectivity index (χ1) is 9.81. The molecule has 1 rings (SSSR count). The van der Waals surface area contributed by atoms with Crippen molar-refractivity contribution in [3.8, 4) is 0 Å². The number of benzene rings is 1. The van der Waals surface area contributed by atoms with Crippen LogP contribution in [0.4, 0.5) is 11.4 Å². The van der Waals surface area contributed by atoms with Gasteiger partial charge >= 0.3 is 0 Å². The highest BCUT2D eigenvalue weighted by molar-refractivity contribution is 7.89. The van der Waals surface area contributed by atoms with Gasteiger partial charge in [0.1, 0.15) is 5.69 Å². The Morgan fingerprint density at radius 1 is 1.33 bits per heavy atom. The maximum atomic E-state index is 12.1. The molecule has 0 aromatic heterocycles. The summed E-state index contributed by atoms with van der Waals surface area (Å²) in [5.41, 5.74) is 0.0832. The van der Waals surface area contributed by atoms with Crippen molar-refractivity contribution in [1.82, 2.24) is 4.72 Å². The number of hydrogen-bond acceptors (Lipinski definition) is 5. The van der Waals surface area contributed by atoms with Crippen LogP contribution in [0.1, 0.15) is 33.6 Å². The Bertz CT molecular complexity index is 601. The summed E-state index contributed by atoms with van der Waals surface area (Å²) in [5.74, 6) is 0. The summed E-state index contributed by atoms with van der Waals surface area (Å²) in [4.78, 5) is 10.4. The lowest BCUT2D eigenvalue weighted by Crippen LogP contribution is -2.32. The van der Waals surface area contributed by atoms with E-state index in [1.807, 2.05) is 13.8 Å². The van der Waals surface area contributed by atoms with Crippen molar-refractivity contribution < 1.29 is 13.3 Å². The van der Waals surface area contributed by atoms with Crippen molar-refractivity contribution in [2.75, 3.05) is 11.9 Å². The maximum absolute atomic E-state index is 12.1. The molecule has 0 amide bonds. The Labute approximate surface area is 124 Å². The zero-order chi connectivity index (χ0) is 16.0. The molecule has 0 saturated carbocycles. The molecule has 0 aliphatic carbocycles. The Morgan fingerprint density at radius 2 is 2.00 bits per heavy atom. The largest absolute Gasteiger partial charge is 0.380 e. The fraction of sp³-hybridized carbons (Fsp3) is 0.538. The predicted molar refractivity (Wildman–Crippen MR) is 82.0 cm³/mol. The monoisotopic (exact) mass is 315 g/mol. The van der Waals surface area contributed by atoms with E-state index < -0.39 is 14.9 Å². The average molecular weight is 315 g/mol. The minimum Gasteiger partial charge on any atom is -0.380 e. The second-order valence-electron chi connectivity index (χ2n) is 4.79. The van der Waals surface area contributed by atoms with Crippen LogP contribution in [0.2, 0.25) is 0 Å². The zero-order valence-corrected chi connectivity index (χ0v) is 13.2. The average Bonchev–Trinajstić information content (AvgIpc) is 2.44. The van der Waals surface area contributed by atoms with Gasteiger partial charge < -0.3 is 5.32 Å². The molecule has 0 aliphatic heterocycles. The van der Waals surface area contributed by atoms with Crippen molar-refractivity contribution in [2.45, 2.75) is 44.6 Å². The summed E-state index contributed by atoms with van der Waals surface area (Å²) in [5, 5.41) is 14.0. The first-order valence-corrected chi connectivity index (χ1v) is 8.34. The summed E-state index contributed by atoms with van der Waals surface area (Å²) < 4.78 is 26.8. The number of sulfonamides is 1. The van der Waals surface area contributed by atoms with Crippen LogP contribution in [0, 0.1) is 10.1 Å². The molecule has 0 bridgehead atoms. The zero-order valence-electron chi connectivity index (χ0n) is 12.4. The van der Waals surface area contributed by atoms with E-state index in [-0.39, 0.29) is 16.6 Å². The van der Waals surface area contributed by atoms with E-state index in [1.165, 1.54) is 12.1 Å². The van der Waals surface area contributed by atoms with E-state index in [0.717, 1.165) is 12.5 Å². The summed E-state index contributed by atoms with van der Waals surface area (Å²) in [6.07, 6.45) is 1.45. The summed E-state index contributed by atoms with van der Waals surface area (Å²) in [6.45, 7) is 6.11. The number of nitrogens with zero attached hydrogens (tertiary/aromatic N) is 1. The van der Waals surface area contributed by atoms with Crippen LogP contribution in [-0.4, -0.2) is 25.9 Å². The molecule has 0 heterocycles. The SMILES string of the molecule is CCCNc1ccc(S(=O)(=O)NC(C)CC)cc1[N+](=O)[O-]. The molecule has 0 saturated heterocycles. The van der Waals surface area contributed by atoms with Gasteiger partial charge in [0.05, 0.1) is 9.82 Å². The number of rotatable bonds is 8. The number of hydrogen-bond donors (Lipinski definition) is 2. The minimum atomic E-state index is -3.75. The number of nitro benzene ring substituents is 1. The first kappa shape index (κ1) is 17.4. The molecule has 1 atom stereocenters. The number of nitro groups is 1. The highest BCUT2D eigenvalue weighted by atomic mass is 32.2. The Morgan fingerprint density at radius 3 is 2.52 bits per heavy atom. The smallest absolute Gasteiger partial charge is 0.293 e. The van der Waals surface area contributed by atoms with Crippen molar-refractivity contribution in [3.63, 3.8) is 0 Å². The lowest BCUT2D eigenvalue weighted by Gasteiger charge is -2.13. The van der Waals surface area contributed by atoms with Crippen LogP contribution in [0.15, 0.2) is 23.1 Å². The molecule has 0 fully saturated rings. The van der Waals surface area contributed by atoms with E-state index in [2.05, 4.69) is 10.0 Å². The molecule has 1 aromatic carbocycles. The van der Waals surface area contributed by atoms with Gasteiger partial charge in [-0.2, -0.15) is 0 Å². The molecule has 1 aromatic rings. The van der Waals surface area contributed by atoms with Crippen molar-refractivity contribution in [2.24, 2.45) is 0 Å². The molecular weight excluding hydrogens is 294 g/mol. The second-order valence-corrected chi connectivity index (χ2v) is 6.51. The van der Waals surface area contributed by atoms with Gasteiger partial charge in [-0.1, -0.05) is 13.8 Å². The van der Waals surface area contributed by atoms with E-state index in [4.69, 9.17) is 0 Å². The molecule has 0 aliphatic rings. The van der Waals surface area contributed by atoms with Crippen molar-refractivity contribution >= 4 is 21.4 Å². The fourth-order valence-corrected chi connectivity index (χ4v) is 3.00. The molecule has 0 radical (unpaired) electrons. The summed E-state index contributed by atoms with van der Waals surface area (Å²) in [6, 6.07) is 3.66. The number of nitrogens with one attached hydrogen (secondary N) is 2. The minimum absolute atomic E-state index is 0.100. The first-order valence-electron chi connectivity index (χ1n) is 6.86. The normalized spacial score (nSPS) is 12.9. The molecule has 7 nitrogen and oxygen atoms in total. The number of anilines is 1. The molecule has 21 heavy (non-hydrogen) atoms. The summed E-state index contributed by atoms with van der Waals surface area (Å²) in [7, 11) is -3.75. The van der Waals surface area contributed by atoms with Crippen molar-refractivity contribution in [3.05, 3.63) is 28.3 Å². The van der Waals surface area contributed by atoms with Gasteiger partial charge in [-0.05, 0) is 31.9 Å². The van der Waals surface area contributed by atoms with E-state index >= 15 is 0 Å². The Hall–Kier alpha value is -1.67. The van der Waals surface area contributed by atoms with Gasteiger partial charge in [-0.15, -0.1) is 0 Å². The molecule has 2 N–H and O–H groups in total. The van der Waals surface area contributed by atoms with Gasteiger partial charge in [0.25, 0.3) is 5.69 Å². The third kappa shape index (κ3) is 4.68.